The molecule has 8 heteroatoms. The van der Waals surface area contributed by atoms with Crippen molar-refractivity contribution in [3.8, 4) is 0 Å². The van der Waals surface area contributed by atoms with Crippen LogP contribution in [-0.4, -0.2) is 24.6 Å². The number of benzene rings is 2. The van der Waals surface area contributed by atoms with Crippen LogP contribution in [0.3, 0.4) is 0 Å². The largest absolute Gasteiger partial charge is 0.463 e. The summed E-state index contributed by atoms with van der Waals surface area (Å²) in [7, 11) is 0. The SMILES string of the molecule is CCOC(=O)C=C(NC(=O)Nc1ccccc1)NC(=O)Nc1ccccc1. The van der Waals surface area contributed by atoms with Gasteiger partial charge in [0.1, 0.15) is 5.82 Å². The predicted octanol–water partition coefficient (Wildman–Crippen LogP) is 3.03. The number of para-hydroxylation sites is 2. The lowest BCUT2D eigenvalue weighted by Crippen LogP contribution is -2.39. The molecule has 0 saturated carbocycles. The van der Waals surface area contributed by atoms with Gasteiger partial charge in [-0.15, -0.1) is 0 Å². The minimum absolute atomic E-state index is 0.129. The lowest BCUT2D eigenvalue weighted by molar-refractivity contribution is -0.137. The fraction of sp³-hybridized carbons (Fsp3) is 0.105. The number of ether oxygens (including phenoxy) is 1. The number of amides is 4. The fourth-order valence-corrected chi connectivity index (χ4v) is 2.02. The van der Waals surface area contributed by atoms with Crippen LogP contribution in [-0.2, 0) is 9.53 Å². The molecule has 0 fully saturated rings. The van der Waals surface area contributed by atoms with E-state index in [1.54, 1.807) is 55.5 Å². The van der Waals surface area contributed by atoms with Gasteiger partial charge in [-0.2, -0.15) is 0 Å². The first-order chi connectivity index (χ1) is 13.1. The zero-order valence-electron chi connectivity index (χ0n) is 14.7. The number of hydrogen-bond acceptors (Lipinski definition) is 4. The molecule has 0 aliphatic heterocycles. The molecule has 0 aromatic heterocycles. The van der Waals surface area contributed by atoms with Crippen molar-refractivity contribution in [1.29, 1.82) is 0 Å². The standard InChI is InChI=1S/C19H20N4O4/c1-2-27-17(24)13-16(22-18(25)20-14-9-5-3-6-10-14)23-19(26)21-15-11-7-4-8-12-15/h3-13H,2H2,1H3,(H2,20,22,25)(H2,21,23,26). The maximum Gasteiger partial charge on any atom is 0.334 e. The van der Waals surface area contributed by atoms with Crippen LogP contribution in [0.25, 0.3) is 0 Å². The van der Waals surface area contributed by atoms with Gasteiger partial charge < -0.3 is 15.4 Å². The summed E-state index contributed by atoms with van der Waals surface area (Å²) in [5.41, 5.74) is 1.11. The number of esters is 1. The Morgan fingerprint density at radius 2 is 1.26 bits per heavy atom. The van der Waals surface area contributed by atoms with E-state index in [1.807, 2.05) is 12.1 Å². The highest BCUT2D eigenvalue weighted by atomic mass is 16.5. The zero-order chi connectivity index (χ0) is 19.5. The second kappa shape index (κ2) is 10.2. The van der Waals surface area contributed by atoms with Gasteiger partial charge in [-0.25, -0.2) is 14.4 Å². The third kappa shape index (κ3) is 7.30. The Bertz CT molecular complexity index is 749. The molecule has 0 aliphatic rings. The molecule has 4 amide bonds. The fourth-order valence-electron chi connectivity index (χ4n) is 2.02. The first-order valence-corrected chi connectivity index (χ1v) is 8.21. The topological polar surface area (TPSA) is 109 Å². The quantitative estimate of drug-likeness (QED) is 0.464. The van der Waals surface area contributed by atoms with Crippen LogP contribution in [0.5, 0.6) is 0 Å². The monoisotopic (exact) mass is 368 g/mol. The second-order valence-electron chi connectivity index (χ2n) is 5.20. The van der Waals surface area contributed by atoms with Gasteiger partial charge in [-0.05, 0) is 31.2 Å². The first kappa shape index (κ1) is 19.5. The molecular weight excluding hydrogens is 348 g/mol. The molecule has 0 saturated heterocycles. The van der Waals surface area contributed by atoms with Gasteiger partial charge in [-0.1, -0.05) is 36.4 Å². The Hall–Kier alpha value is -3.81. The third-order valence-corrected chi connectivity index (χ3v) is 3.11. The third-order valence-electron chi connectivity index (χ3n) is 3.11. The average Bonchev–Trinajstić information content (AvgIpc) is 2.63. The molecule has 0 aliphatic carbocycles. The number of hydrogen-bond donors (Lipinski definition) is 4. The van der Waals surface area contributed by atoms with E-state index in [1.165, 1.54) is 0 Å². The summed E-state index contributed by atoms with van der Waals surface area (Å²) in [5.74, 6) is -0.831. The molecule has 140 valence electrons. The van der Waals surface area contributed by atoms with Gasteiger partial charge in [0.15, 0.2) is 0 Å². The number of anilines is 2. The molecule has 2 aromatic rings. The predicted molar refractivity (Wildman–Crippen MR) is 102 cm³/mol. The number of urea groups is 2. The maximum atomic E-state index is 12.1. The van der Waals surface area contributed by atoms with Crippen molar-refractivity contribution in [3.05, 3.63) is 72.6 Å². The maximum absolute atomic E-state index is 12.1. The number of carbonyl (C=O) groups is 3. The minimum atomic E-state index is -0.701. The van der Waals surface area contributed by atoms with Gasteiger partial charge >= 0.3 is 18.0 Å². The zero-order valence-corrected chi connectivity index (χ0v) is 14.7. The summed E-state index contributed by atoms with van der Waals surface area (Å²) in [4.78, 5) is 35.9. The van der Waals surface area contributed by atoms with E-state index in [4.69, 9.17) is 4.74 Å². The Morgan fingerprint density at radius 3 is 1.67 bits per heavy atom. The Balaban J connectivity index is 2.03. The molecule has 0 spiro atoms. The summed E-state index contributed by atoms with van der Waals surface area (Å²) < 4.78 is 4.81. The summed E-state index contributed by atoms with van der Waals surface area (Å²) in [6.45, 7) is 1.81. The molecule has 0 atom stereocenters. The summed E-state index contributed by atoms with van der Waals surface area (Å²) in [6, 6.07) is 16.2. The van der Waals surface area contributed by atoms with E-state index in [-0.39, 0.29) is 12.4 Å². The number of nitrogens with one attached hydrogen (secondary N) is 4. The second-order valence-corrected chi connectivity index (χ2v) is 5.20. The molecule has 4 N–H and O–H groups in total. The van der Waals surface area contributed by atoms with Crippen molar-refractivity contribution >= 4 is 29.4 Å². The van der Waals surface area contributed by atoms with Crippen LogP contribution in [0.1, 0.15) is 6.92 Å². The molecule has 0 bridgehead atoms. The number of carbonyl (C=O) groups excluding carboxylic acids is 3. The van der Waals surface area contributed by atoms with E-state index < -0.39 is 18.0 Å². The first-order valence-electron chi connectivity index (χ1n) is 8.21. The van der Waals surface area contributed by atoms with Gasteiger partial charge in [0.05, 0.1) is 12.7 Å². The Labute approximate surface area is 156 Å². The van der Waals surface area contributed by atoms with E-state index >= 15 is 0 Å². The minimum Gasteiger partial charge on any atom is -0.463 e. The van der Waals surface area contributed by atoms with Crippen molar-refractivity contribution in [2.45, 2.75) is 6.92 Å². The molecule has 0 radical (unpaired) electrons. The number of rotatable bonds is 6. The van der Waals surface area contributed by atoms with Gasteiger partial charge in [0.25, 0.3) is 0 Å². The van der Waals surface area contributed by atoms with E-state index in [9.17, 15) is 14.4 Å². The van der Waals surface area contributed by atoms with Crippen molar-refractivity contribution in [1.82, 2.24) is 10.6 Å². The molecular formula is C19H20N4O4. The molecule has 0 unspecified atom stereocenters. The lowest BCUT2D eigenvalue weighted by Gasteiger charge is -2.13. The molecule has 8 nitrogen and oxygen atoms in total. The highest BCUT2D eigenvalue weighted by molar-refractivity contribution is 5.95. The van der Waals surface area contributed by atoms with Crippen LogP contribution in [0.15, 0.2) is 72.6 Å². The highest BCUT2D eigenvalue weighted by Crippen LogP contribution is 2.06. The normalized spacial score (nSPS) is 9.52. The van der Waals surface area contributed by atoms with Gasteiger partial charge in [0, 0.05) is 11.4 Å². The molecule has 2 aromatic carbocycles. The van der Waals surface area contributed by atoms with Crippen molar-refractivity contribution in [2.24, 2.45) is 0 Å². The van der Waals surface area contributed by atoms with Crippen LogP contribution < -0.4 is 21.3 Å². The van der Waals surface area contributed by atoms with Crippen LogP contribution in [0.4, 0.5) is 21.0 Å². The smallest absolute Gasteiger partial charge is 0.334 e. The summed E-state index contributed by atoms with van der Waals surface area (Å²) in [5, 5.41) is 9.99. The van der Waals surface area contributed by atoms with Crippen LogP contribution >= 0.6 is 0 Å². The van der Waals surface area contributed by atoms with Crippen LogP contribution in [0.2, 0.25) is 0 Å². The Kier molecular flexibility index (Phi) is 7.40. The molecule has 0 heterocycles. The lowest BCUT2D eigenvalue weighted by atomic mass is 10.3. The van der Waals surface area contributed by atoms with Crippen LogP contribution in [0, 0.1) is 0 Å². The molecule has 2 rings (SSSR count). The van der Waals surface area contributed by atoms with E-state index in [0.717, 1.165) is 6.08 Å². The average molecular weight is 368 g/mol. The highest BCUT2D eigenvalue weighted by Gasteiger charge is 2.11. The van der Waals surface area contributed by atoms with Gasteiger partial charge in [0.2, 0.25) is 0 Å². The summed E-state index contributed by atoms with van der Waals surface area (Å²) >= 11 is 0. The van der Waals surface area contributed by atoms with Crippen molar-refractivity contribution in [3.63, 3.8) is 0 Å². The van der Waals surface area contributed by atoms with Gasteiger partial charge in [-0.3, -0.25) is 10.6 Å². The summed E-state index contributed by atoms with van der Waals surface area (Å²) in [6.07, 6.45) is 0.985. The van der Waals surface area contributed by atoms with E-state index in [0.29, 0.717) is 11.4 Å². The van der Waals surface area contributed by atoms with Crippen molar-refractivity contribution in [2.75, 3.05) is 17.2 Å². The van der Waals surface area contributed by atoms with Crippen molar-refractivity contribution < 1.29 is 19.1 Å². The molecule has 27 heavy (non-hydrogen) atoms. The Morgan fingerprint density at radius 1 is 0.815 bits per heavy atom. The van der Waals surface area contributed by atoms with E-state index in [2.05, 4.69) is 21.3 Å².